The fraction of sp³-hybridized carbons (Fsp3) is 0.182. The first-order valence-corrected chi connectivity index (χ1v) is 4.56. The van der Waals surface area contributed by atoms with Crippen LogP contribution in [0, 0.1) is 0 Å². The van der Waals surface area contributed by atoms with Gasteiger partial charge in [-0.1, -0.05) is 13.0 Å². The summed E-state index contributed by atoms with van der Waals surface area (Å²) in [5, 5.41) is 9.58. The molecule has 0 bridgehead atoms. The van der Waals surface area contributed by atoms with Crippen molar-refractivity contribution in [1.82, 2.24) is 4.40 Å². The largest absolute Gasteiger partial charge is 0.507 e. The van der Waals surface area contributed by atoms with Crippen molar-refractivity contribution in [3.63, 3.8) is 0 Å². The quantitative estimate of drug-likeness (QED) is 0.739. The van der Waals surface area contributed by atoms with Crippen molar-refractivity contribution in [2.24, 2.45) is 0 Å². The van der Waals surface area contributed by atoms with Crippen LogP contribution in [0.4, 0.5) is 0 Å². The van der Waals surface area contributed by atoms with Crippen molar-refractivity contribution in [3.05, 3.63) is 46.4 Å². The van der Waals surface area contributed by atoms with Gasteiger partial charge in [0, 0.05) is 12.3 Å². The van der Waals surface area contributed by atoms with Crippen LogP contribution in [0.1, 0.15) is 12.5 Å². The molecule has 1 N–H and O–H groups in total. The molecule has 2 aromatic heterocycles. The van der Waals surface area contributed by atoms with Gasteiger partial charge in [0.2, 0.25) is 0 Å². The van der Waals surface area contributed by atoms with Gasteiger partial charge in [0.25, 0.3) is 5.56 Å². The van der Waals surface area contributed by atoms with E-state index in [0.29, 0.717) is 17.5 Å². The average molecular weight is 189 g/mol. The molecule has 0 unspecified atom stereocenters. The van der Waals surface area contributed by atoms with Gasteiger partial charge in [-0.25, -0.2) is 0 Å². The maximum absolute atomic E-state index is 11.8. The summed E-state index contributed by atoms with van der Waals surface area (Å²) in [6, 6.07) is 7.03. The second kappa shape index (κ2) is 3.18. The lowest BCUT2D eigenvalue weighted by atomic mass is 10.2. The Morgan fingerprint density at radius 2 is 2.21 bits per heavy atom. The zero-order valence-corrected chi connectivity index (χ0v) is 7.90. The van der Waals surface area contributed by atoms with Crippen LogP contribution < -0.4 is 5.56 Å². The molecule has 72 valence electrons. The predicted molar refractivity (Wildman–Crippen MR) is 54.7 cm³/mol. The van der Waals surface area contributed by atoms with Gasteiger partial charge in [0.1, 0.15) is 5.75 Å². The molecule has 0 aliphatic carbocycles. The fourth-order valence-corrected chi connectivity index (χ4v) is 1.57. The molecule has 0 atom stereocenters. The summed E-state index contributed by atoms with van der Waals surface area (Å²) in [6.07, 6.45) is 2.25. The highest BCUT2D eigenvalue weighted by Gasteiger charge is 2.06. The minimum absolute atomic E-state index is 0.0868. The standard InChI is InChI=1S/C11H11NO2/c1-2-9-10(13)7-8-5-3-4-6-12(8)11(9)14/h3-7,13H,2H2,1H3. The van der Waals surface area contributed by atoms with E-state index in [0.717, 1.165) is 0 Å². The lowest BCUT2D eigenvalue weighted by Gasteiger charge is -2.04. The van der Waals surface area contributed by atoms with Gasteiger partial charge in [0.05, 0.1) is 11.1 Å². The molecule has 0 aliphatic rings. The minimum Gasteiger partial charge on any atom is -0.507 e. The monoisotopic (exact) mass is 189 g/mol. The Morgan fingerprint density at radius 3 is 2.93 bits per heavy atom. The summed E-state index contributed by atoms with van der Waals surface area (Å²) in [4.78, 5) is 11.8. The number of rotatable bonds is 1. The van der Waals surface area contributed by atoms with Crippen molar-refractivity contribution in [1.29, 1.82) is 0 Å². The second-order valence-electron chi connectivity index (χ2n) is 3.16. The van der Waals surface area contributed by atoms with Crippen LogP contribution >= 0.6 is 0 Å². The number of fused-ring (bicyclic) bond motifs is 1. The van der Waals surface area contributed by atoms with Crippen LogP contribution in [0.15, 0.2) is 35.3 Å². The summed E-state index contributed by atoms with van der Waals surface area (Å²) in [5.74, 6) is 0.0868. The van der Waals surface area contributed by atoms with E-state index in [2.05, 4.69) is 0 Å². The molecule has 0 radical (unpaired) electrons. The third kappa shape index (κ3) is 1.18. The van der Waals surface area contributed by atoms with E-state index in [1.54, 1.807) is 28.8 Å². The number of hydrogen-bond acceptors (Lipinski definition) is 2. The van der Waals surface area contributed by atoms with Gasteiger partial charge in [-0.2, -0.15) is 0 Å². The van der Waals surface area contributed by atoms with E-state index in [9.17, 15) is 9.90 Å². The Morgan fingerprint density at radius 1 is 1.43 bits per heavy atom. The summed E-state index contributed by atoms with van der Waals surface area (Å²) < 4.78 is 1.54. The molecule has 14 heavy (non-hydrogen) atoms. The maximum Gasteiger partial charge on any atom is 0.261 e. The molecule has 0 saturated carbocycles. The Kier molecular flexibility index (Phi) is 2.00. The molecule has 0 aromatic carbocycles. The first-order chi connectivity index (χ1) is 6.74. The SMILES string of the molecule is CCc1c(O)cc2ccccn2c1=O. The van der Waals surface area contributed by atoms with E-state index in [-0.39, 0.29) is 11.3 Å². The van der Waals surface area contributed by atoms with E-state index < -0.39 is 0 Å². The number of hydrogen-bond donors (Lipinski definition) is 1. The normalized spacial score (nSPS) is 10.6. The van der Waals surface area contributed by atoms with Gasteiger partial charge in [-0.15, -0.1) is 0 Å². The molecule has 0 spiro atoms. The van der Waals surface area contributed by atoms with Crippen LogP contribution in [0.25, 0.3) is 5.52 Å². The predicted octanol–water partition coefficient (Wildman–Crippen LogP) is 1.57. The second-order valence-corrected chi connectivity index (χ2v) is 3.16. The summed E-state index contributed by atoms with van der Waals surface area (Å²) in [7, 11) is 0. The lowest BCUT2D eigenvalue weighted by molar-refractivity contribution is 0.467. The van der Waals surface area contributed by atoms with Gasteiger partial charge >= 0.3 is 0 Å². The van der Waals surface area contributed by atoms with Gasteiger partial charge in [-0.05, 0) is 18.6 Å². The molecule has 0 fully saturated rings. The Balaban J connectivity index is 2.93. The number of pyridine rings is 2. The molecule has 2 rings (SSSR count). The van der Waals surface area contributed by atoms with Gasteiger partial charge < -0.3 is 5.11 Å². The van der Waals surface area contributed by atoms with Crippen molar-refractivity contribution >= 4 is 5.52 Å². The Labute approximate surface area is 81.2 Å². The molecule has 3 nitrogen and oxygen atoms in total. The van der Waals surface area contributed by atoms with Crippen LogP contribution in [-0.4, -0.2) is 9.51 Å². The first kappa shape index (κ1) is 8.81. The molecule has 0 amide bonds. The zero-order chi connectivity index (χ0) is 10.1. The summed E-state index contributed by atoms with van der Waals surface area (Å²) in [5.41, 5.74) is 1.05. The van der Waals surface area contributed by atoms with Crippen molar-refractivity contribution in [3.8, 4) is 5.75 Å². The van der Waals surface area contributed by atoms with Crippen LogP contribution in [0.2, 0.25) is 0 Å². The molecule has 3 heteroatoms. The summed E-state index contributed by atoms with van der Waals surface area (Å²) >= 11 is 0. The molecule has 0 aliphatic heterocycles. The van der Waals surface area contributed by atoms with Crippen molar-refractivity contribution in [2.75, 3.05) is 0 Å². The summed E-state index contributed by atoms with van der Waals surface area (Å²) in [6.45, 7) is 1.85. The number of aromatic hydroxyl groups is 1. The highest BCUT2D eigenvalue weighted by Crippen LogP contribution is 2.15. The van der Waals surface area contributed by atoms with E-state index >= 15 is 0 Å². The molecule has 0 saturated heterocycles. The fourth-order valence-electron chi connectivity index (χ4n) is 1.57. The Hall–Kier alpha value is -1.77. The molecular weight excluding hydrogens is 178 g/mol. The van der Waals surface area contributed by atoms with E-state index in [1.165, 1.54) is 0 Å². The average Bonchev–Trinajstić information content (AvgIpc) is 2.18. The van der Waals surface area contributed by atoms with Gasteiger partial charge in [0.15, 0.2) is 0 Å². The third-order valence-electron chi connectivity index (χ3n) is 2.32. The van der Waals surface area contributed by atoms with E-state index in [4.69, 9.17) is 0 Å². The number of nitrogens with zero attached hydrogens (tertiary/aromatic N) is 1. The van der Waals surface area contributed by atoms with Gasteiger partial charge in [-0.3, -0.25) is 9.20 Å². The third-order valence-corrected chi connectivity index (χ3v) is 2.32. The molecular formula is C11H11NO2. The zero-order valence-electron chi connectivity index (χ0n) is 7.90. The first-order valence-electron chi connectivity index (χ1n) is 4.56. The lowest BCUT2D eigenvalue weighted by Crippen LogP contribution is -2.17. The maximum atomic E-state index is 11.8. The number of aromatic nitrogens is 1. The van der Waals surface area contributed by atoms with Crippen molar-refractivity contribution in [2.45, 2.75) is 13.3 Å². The molecule has 2 aromatic rings. The highest BCUT2D eigenvalue weighted by molar-refractivity contribution is 5.52. The van der Waals surface area contributed by atoms with Crippen LogP contribution in [-0.2, 0) is 6.42 Å². The molecule has 2 heterocycles. The topological polar surface area (TPSA) is 41.7 Å². The van der Waals surface area contributed by atoms with Crippen LogP contribution in [0.3, 0.4) is 0 Å². The Bertz CT molecular complexity index is 528. The van der Waals surface area contributed by atoms with Crippen LogP contribution in [0.5, 0.6) is 5.75 Å². The highest BCUT2D eigenvalue weighted by atomic mass is 16.3. The minimum atomic E-state index is -0.136. The van der Waals surface area contributed by atoms with Crippen molar-refractivity contribution < 1.29 is 5.11 Å². The smallest absolute Gasteiger partial charge is 0.261 e. The van der Waals surface area contributed by atoms with E-state index in [1.807, 2.05) is 13.0 Å².